The molecule has 0 atom stereocenters. The quantitative estimate of drug-likeness (QED) is 0.580. The average Bonchev–Trinajstić information content (AvgIpc) is 2.81. The van der Waals surface area contributed by atoms with E-state index < -0.39 is 10.2 Å². The van der Waals surface area contributed by atoms with Gasteiger partial charge in [-0.2, -0.15) is 18.2 Å². The molecule has 0 saturated heterocycles. The van der Waals surface area contributed by atoms with Gasteiger partial charge in [-0.05, 0) is 12.8 Å². The molecule has 0 radical (unpaired) electrons. The number of aromatic nitrogens is 3. The molecule has 8 heteroatoms. The van der Waals surface area contributed by atoms with Crippen LogP contribution in [0.1, 0.15) is 18.7 Å². The zero-order valence-electron chi connectivity index (χ0n) is 8.10. The minimum atomic E-state index is -3.33. The lowest BCUT2D eigenvalue weighted by molar-refractivity contribution is 0.565. The first kappa shape index (κ1) is 10.5. The van der Waals surface area contributed by atoms with Crippen LogP contribution >= 0.6 is 0 Å². The fourth-order valence-corrected chi connectivity index (χ4v) is 2.25. The van der Waals surface area contributed by atoms with Crippen LogP contribution in [0.4, 0.5) is 0 Å². The summed E-state index contributed by atoms with van der Waals surface area (Å²) in [5.74, 6) is 0.670. The lowest BCUT2D eigenvalue weighted by Crippen LogP contribution is -2.38. The number of hydrogen-bond acceptors (Lipinski definition) is 4. The lowest BCUT2D eigenvalue weighted by atomic mass is 10.4. The first-order chi connectivity index (χ1) is 7.16. The second-order valence-electron chi connectivity index (χ2n) is 3.47. The van der Waals surface area contributed by atoms with Crippen molar-refractivity contribution in [3.8, 4) is 0 Å². The molecule has 1 aliphatic rings. The van der Waals surface area contributed by atoms with E-state index in [1.54, 1.807) is 0 Å². The molecular weight excluding hydrogens is 218 g/mol. The van der Waals surface area contributed by atoms with Crippen molar-refractivity contribution < 1.29 is 8.42 Å². The summed E-state index contributed by atoms with van der Waals surface area (Å²) >= 11 is 0. The van der Waals surface area contributed by atoms with Crippen molar-refractivity contribution in [2.75, 3.05) is 6.54 Å². The van der Waals surface area contributed by atoms with Crippen LogP contribution in [0.5, 0.6) is 0 Å². The third kappa shape index (κ3) is 3.57. The molecule has 0 aromatic carbocycles. The van der Waals surface area contributed by atoms with Gasteiger partial charge in [0.25, 0.3) is 10.2 Å². The number of nitrogens with one attached hydrogen (secondary N) is 3. The molecule has 1 aromatic heterocycles. The van der Waals surface area contributed by atoms with Gasteiger partial charge in [0.15, 0.2) is 0 Å². The van der Waals surface area contributed by atoms with Crippen molar-refractivity contribution in [3.05, 3.63) is 12.2 Å². The first-order valence-electron chi connectivity index (χ1n) is 4.77. The minimum Gasteiger partial charge on any atom is -0.263 e. The molecule has 0 amide bonds. The summed E-state index contributed by atoms with van der Waals surface area (Å²) < 4.78 is 27.6. The van der Waals surface area contributed by atoms with Crippen LogP contribution in [0, 0.1) is 0 Å². The van der Waals surface area contributed by atoms with Gasteiger partial charge in [0, 0.05) is 19.0 Å². The predicted molar refractivity (Wildman–Crippen MR) is 53.2 cm³/mol. The molecule has 1 fully saturated rings. The van der Waals surface area contributed by atoms with Crippen LogP contribution in [0.15, 0.2) is 6.33 Å². The number of H-pyrrole nitrogens is 1. The van der Waals surface area contributed by atoms with Gasteiger partial charge in [-0.1, -0.05) is 0 Å². The van der Waals surface area contributed by atoms with Gasteiger partial charge in [0.2, 0.25) is 0 Å². The highest BCUT2D eigenvalue weighted by Gasteiger charge is 2.26. The van der Waals surface area contributed by atoms with E-state index in [-0.39, 0.29) is 6.04 Å². The van der Waals surface area contributed by atoms with Crippen LogP contribution in [0.2, 0.25) is 0 Å². The normalized spacial score (nSPS) is 16.8. The Hall–Kier alpha value is -0.990. The van der Waals surface area contributed by atoms with Gasteiger partial charge < -0.3 is 0 Å². The minimum absolute atomic E-state index is 0.132. The zero-order chi connectivity index (χ0) is 10.7. The molecule has 2 rings (SSSR count). The Labute approximate surface area is 87.9 Å². The third-order valence-corrected chi connectivity index (χ3v) is 3.25. The van der Waals surface area contributed by atoms with Gasteiger partial charge in [-0.25, -0.2) is 9.71 Å². The summed E-state index contributed by atoms with van der Waals surface area (Å²) in [4.78, 5) is 3.89. The number of nitrogens with zero attached hydrogens (tertiary/aromatic N) is 2. The highest BCUT2D eigenvalue weighted by Crippen LogP contribution is 2.19. The fourth-order valence-electron chi connectivity index (χ4n) is 1.12. The van der Waals surface area contributed by atoms with E-state index in [0.717, 1.165) is 12.8 Å². The Morgan fingerprint density at radius 3 is 2.93 bits per heavy atom. The van der Waals surface area contributed by atoms with E-state index in [1.807, 2.05) is 0 Å². The van der Waals surface area contributed by atoms with Crippen LogP contribution in [0.25, 0.3) is 0 Å². The van der Waals surface area contributed by atoms with Gasteiger partial charge in [-0.3, -0.25) is 5.10 Å². The van der Waals surface area contributed by atoms with Crippen LogP contribution in [-0.4, -0.2) is 36.2 Å². The molecule has 15 heavy (non-hydrogen) atoms. The molecule has 1 heterocycles. The Morgan fingerprint density at radius 2 is 2.33 bits per heavy atom. The maximum absolute atomic E-state index is 11.3. The monoisotopic (exact) mass is 231 g/mol. The van der Waals surface area contributed by atoms with Crippen molar-refractivity contribution in [2.45, 2.75) is 25.3 Å². The Bertz CT molecular complexity index is 397. The van der Waals surface area contributed by atoms with E-state index in [9.17, 15) is 8.42 Å². The molecule has 0 aliphatic heterocycles. The van der Waals surface area contributed by atoms with E-state index in [0.29, 0.717) is 18.8 Å². The Balaban J connectivity index is 1.72. The molecule has 7 nitrogen and oxygen atoms in total. The number of rotatable bonds is 6. The Morgan fingerprint density at radius 1 is 1.53 bits per heavy atom. The molecule has 84 valence electrons. The molecular formula is C7H13N5O2S. The maximum atomic E-state index is 11.3. The summed E-state index contributed by atoms with van der Waals surface area (Å²) in [6, 6.07) is 0.132. The highest BCUT2D eigenvalue weighted by atomic mass is 32.2. The van der Waals surface area contributed by atoms with Gasteiger partial charge >= 0.3 is 0 Å². The van der Waals surface area contributed by atoms with Crippen molar-refractivity contribution in [3.63, 3.8) is 0 Å². The van der Waals surface area contributed by atoms with Crippen LogP contribution < -0.4 is 9.44 Å². The fraction of sp³-hybridized carbons (Fsp3) is 0.714. The molecule has 3 N–H and O–H groups in total. The summed E-state index contributed by atoms with van der Waals surface area (Å²) in [5.41, 5.74) is 0. The maximum Gasteiger partial charge on any atom is 0.277 e. The van der Waals surface area contributed by atoms with E-state index >= 15 is 0 Å². The third-order valence-electron chi connectivity index (χ3n) is 2.02. The molecule has 1 saturated carbocycles. The lowest BCUT2D eigenvalue weighted by Gasteiger charge is -2.05. The van der Waals surface area contributed by atoms with Gasteiger partial charge in [-0.15, -0.1) is 0 Å². The second kappa shape index (κ2) is 4.25. The zero-order valence-corrected chi connectivity index (χ0v) is 8.92. The largest absolute Gasteiger partial charge is 0.277 e. The second-order valence-corrected chi connectivity index (χ2v) is 5.00. The number of aromatic amines is 1. The SMILES string of the molecule is O=S(=O)(NCCc1ncn[nH]1)NC1CC1. The van der Waals surface area contributed by atoms with E-state index in [2.05, 4.69) is 24.6 Å². The Kier molecular flexibility index (Phi) is 2.98. The summed E-state index contributed by atoms with van der Waals surface area (Å²) in [6.07, 6.45) is 3.77. The molecule has 0 spiro atoms. The van der Waals surface area contributed by atoms with Crippen molar-refractivity contribution in [1.29, 1.82) is 0 Å². The predicted octanol–water partition coefficient (Wildman–Crippen LogP) is -1.07. The molecule has 0 unspecified atom stereocenters. The van der Waals surface area contributed by atoms with Gasteiger partial charge in [0.05, 0.1) is 0 Å². The standard InChI is InChI=1S/C7H13N5O2S/c13-15(14,12-6-1-2-6)10-4-3-7-8-5-9-11-7/h5-6,10,12H,1-4H2,(H,8,9,11). The topological polar surface area (TPSA) is 99.8 Å². The van der Waals surface area contributed by atoms with Crippen molar-refractivity contribution in [2.24, 2.45) is 0 Å². The summed E-state index contributed by atoms with van der Waals surface area (Å²) in [5, 5.41) is 6.33. The van der Waals surface area contributed by atoms with Crippen molar-refractivity contribution >= 4 is 10.2 Å². The molecule has 1 aliphatic carbocycles. The van der Waals surface area contributed by atoms with Crippen molar-refractivity contribution in [1.82, 2.24) is 24.6 Å². The highest BCUT2D eigenvalue weighted by molar-refractivity contribution is 7.87. The molecule has 1 aromatic rings. The first-order valence-corrected chi connectivity index (χ1v) is 6.25. The number of hydrogen-bond donors (Lipinski definition) is 3. The summed E-state index contributed by atoms with van der Waals surface area (Å²) in [7, 11) is -3.33. The van der Waals surface area contributed by atoms with E-state index in [4.69, 9.17) is 0 Å². The van der Waals surface area contributed by atoms with E-state index in [1.165, 1.54) is 6.33 Å². The van der Waals surface area contributed by atoms with Crippen LogP contribution in [-0.2, 0) is 16.6 Å². The average molecular weight is 231 g/mol. The molecule has 0 bridgehead atoms. The smallest absolute Gasteiger partial charge is 0.263 e. The van der Waals surface area contributed by atoms with Crippen LogP contribution in [0.3, 0.4) is 0 Å². The van der Waals surface area contributed by atoms with Gasteiger partial charge in [0.1, 0.15) is 12.2 Å². The summed E-state index contributed by atoms with van der Waals surface area (Å²) in [6.45, 7) is 0.317.